The monoisotopic (exact) mass is 412 g/mol. The largest absolute Gasteiger partial charge is 0.492 e. The summed E-state index contributed by atoms with van der Waals surface area (Å²) < 4.78 is 28.9. The Bertz CT molecular complexity index is 973. The number of ether oxygens (including phenoxy) is 2. The van der Waals surface area contributed by atoms with Gasteiger partial charge in [-0.3, -0.25) is 9.59 Å². The zero-order chi connectivity index (χ0) is 21.3. The van der Waals surface area contributed by atoms with Gasteiger partial charge < -0.3 is 24.1 Å². The van der Waals surface area contributed by atoms with Crippen molar-refractivity contribution in [3.63, 3.8) is 0 Å². The highest BCUT2D eigenvalue weighted by atomic mass is 19.1. The van der Waals surface area contributed by atoms with Crippen LogP contribution in [0.15, 0.2) is 71.3 Å². The van der Waals surface area contributed by atoms with Crippen molar-refractivity contribution in [2.24, 2.45) is 0 Å². The van der Waals surface area contributed by atoms with Crippen molar-refractivity contribution >= 4 is 17.5 Å². The molecule has 2 aromatic carbocycles. The zero-order valence-electron chi connectivity index (χ0n) is 16.3. The van der Waals surface area contributed by atoms with Crippen molar-refractivity contribution in [2.45, 2.75) is 0 Å². The zero-order valence-corrected chi connectivity index (χ0v) is 16.3. The molecule has 2 amide bonds. The smallest absolute Gasteiger partial charge is 0.291 e. The minimum atomic E-state index is -0.380. The van der Waals surface area contributed by atoms with E-state index in [0.29, 0.717) is 23.7 Å². The molecule has 3 aromatic rings. The standard InChI is InChI=1S/C22H21FN2O5/c1-25(11-13-28-18-9-7-16(23)8-10-18)21(26)15-30-19-5-2-4-17(14-19)24-22(27)20-6-3-12-29-20/h2-10,12,14H,11,13,15H2,1H3,(H,24,27). The van der Waals surface area contributed by atoms with Gasteiger partial charge in [-0.05, 0) is 48.5 Å². The third-order valence-corrected chi connectivity index (χ3v) is 4.13. The third-order valence-electron chi connectivity index (χ3n) is 4.13. The summed E-state index contributed by atoms with van der Waals surface area (Å²) in [4.78, 5) is 25.7. The maximum atomic E-state index is 12.9. The van der Waals surface area contributed by atoms with Gasteiger partial charge >= 0.3 is 0 Å². The lowest BCUT2D eigenvalue weighted by Gasteiger charge is -2.18. The summed E-state index contributed by atoms with van der Waals surface area (Å²) in [5, 5.41) is 2.69. The van der Waals surface area contributed by atoms with Crippen molar-refractivity contribution in [1.29, 1.82) is 0 Å². The van der Waals surface area contributed by atoms with E-state index in [4.69, 9.17) is 13.9 Å². The van der Waals surface area contributed by atoms with Crippen LogP contribution in [0, 0.1) is 5.82 Å². The van der Waals surface area contributed by atoms with E-state index in [1.165, 1.54) is 35.4 Å². The third kappa shape index (κ3) is 6.10. The van der Waals surface area contributed by atoms with E-state index in [1.807, 2.05) is 0 Å². The van der Waals surface area contributed by atoms with Gasteiger partial charge in [0.2, 0.25) is 0 Å². The van der Waals surface area contributed by atoms with Crippen molar-refractivity contribution in [3.05, 3.63) is 78.5 Å². The van der Waals surface area contributed by atoms with Gasteiger partial charge in [-0.1, -0.05) is 6.07 Å². The highest BCUT2D eigenvalue weighted by Crippen LogP contribution is 2.18. The van der Waals surface area contributed by atoms with Crippen LogP contribution < -0.4 is 14.8 Å². The van der Waals surface area contributed by atoms with Crippen LogP contribution in [0.25, 0.3) is 0 Å². The van der Waals surface area contributed by atoms with Crippen molar-refractivity contribution in [3.8, 4) is 11.5 Å². The Morgan fingerprint density at radius 1 is 1.03 bits per heavy atom. The van der Waals surface area contributed by atoms with E-state index in [0.717, 1.165) is 0 Å². The van der Waals surface area contributed by atoms with Crippen LogP contribution in [0.3, 0.4) is 0 Å². The summed E-state index contributed by atoms with van der Waals surface area (Å²) in [7, 11) is 1.64. The second kappa shape index (κ2) is 10.1. The van der Waals surface area contributed by atoms with Crippen LogP contribution >= 0.6 is 0 Å². The topological polar surface area (TPSA) is 81.0 Å². The molecule has 30 heavy (non-hydrogen) atoms. The fourth-order valence-corrected chi connectivity index (χ4v) is 2.48. The van der Waals surface area contributed by atoms with Gasteiger partial charge in [0.15, 0.2) is 12.4 Å². The molecule has 1 heterocycles. The predicted octanol–water partition coefficient (Wildman–Crippen LogP) is 3.59. The molecular formula is C22H21FN2O5. The lowest BCUT2D eigenvalue weighted by molar-refractivity contribution is -0.132. The Kier molecular flexibility index (Phi) is 7.05. The van der Waals surface area contributed by atoms with Crippen LogP contribution in [-0.4, -0.2) is 43.5 Å². The summed E-state index contributed by atoms with van der Waals surface area (Å²) in [6.45, 7) is 0.448. The number of rotatable bonds is 9. The number of amides is 2. The Morgan fingerprint density at radius 2 is 1.83 bits per heavy atom. The molecule has 0 atom stereocenters. The van der Waals surface area contributed by atoms with Crippen LogP contribution in [-0.2, 0) is 4.79 Å². The molecule has 0 fully saturated rings. The number of carbonyl (C=O) groups excluding carboxylic acids is 2. The number of carbonyl (C=O) groups is 2. The first-order chi connectivity index (χ1) is 14.5. The van der Waals surface area contributed by atoms with Gasteiger partial charge in [0.05, 0.1) is 12.8 Å². The first-order valence-corrected chi connectivity index (χ1v) is 9.21. The molecule has 1 aromatic heterocycles. The number of likely N-dealkylation sites (N-methyl/N-ethyl adjacent to an activating group) is 1. The van der Waals surface area contributed by atoms with Crippen molar-refractivity contribution in [1.82, 2.24) is 4.90 Å². The Morgan fingerprint density at radius 3 is 2.57 bits per heavy atom. The van der Waals surface area contributed by atoms with E-state index in [9.17, 15) is 14.0 Å². The number of anilines is 1. The number of hydrogen-bond acceptors (Lipinski definition) is 5. The minimum absolute atomic E-state index is 0.164. The average molecular weight is 412 g/mol. The fraction of sp³-hybridized carbons (Fsp3) is 0.182. The molecule has 0 radical (unpaired) electrons. The Labute approximate surface area is 173 Å². The average Bonchev–Trinajstić information content (AvgIpc) is 3.29. The van der Waals surface area contributed by atoms with Crippen molar-refractivity contribution in [2.75, 3.05) is 32.1 Å². The molecule has 0 bridgehead atoms. The normalized spacial score (nSPS) is 10.3. The van der Waals surface area contributed by atoms with Crippen LogP contribution in [0.2, 0.25) is 0 Å². The predicted molar refractivity (Wildman–Crippen MR) is 108 cm³/mol. The molecule has 0 spiro atoms. The number of hydrogen-bond donors (Lipinski definition) is 1. The maximum Gasteiger partial charge on any atom is 0.291 e. The molecular weight excluding hydrogens is 391 g/mol. The minimum Gasteiger partial charge on any atom is -0.492 e. The molecule has 156 valence electrons. The molecule has 0 aliphatic heterocycles. The highest BCUT2D eigenvalue weighted by Gasteiger charge is 2.12. The number of halogens is 1. The summed E-state index contributed by atoms with van der Waals surface area (Å²) >= 11 is 0. The molecule has 7 nitrogen and oxygen atoms in total. The lowest BCUT2D eigenvalue weighted by atomic mass is 10.3. The van der Waals surface area contributed by atoms with E-state index in [2.05, 4.69) is 5.32 Å². The van der Waals surface area contributed by atoms with Gasteiger partial charge in [0.25, 0.3) is 11.8 Å². The van der Waals surface area contributed by atoms with Gasteiger partial charge in [0, 0.05) is 18.8 Å². The quantitative estimate of drug-likeness (QED) is 0.581. The second-order valence-corrected chi connectivity index (χ2v) is 6.37. The second-order valence-electron chi connectivity index (χ2n) is 6.37. The van der Waals surface area contributed by atoms with Gasteiger partial charge in [-0.25, -0.2) is 4.39 Å². The Hall–Kier alpha value is -3.81. The van der Waals surface area contributed by atoms with Gasteiger partial charge in [-0.2, -0.15) is 0 Å². The number of nitrogens with one attached hydrogen (secondary N) is 1. The van der Waals surface area contributed by atoms with Crippen molar-refractivity contribution < 1.29 is 27.9 Å². The molecule has 0 aliphatic carbocycles. The number of furan rings is 1. The number of nitrogens with zero attached hydrogens (tertiary/aromatic N) is 1. The number of benzene rings is 2. The summed E-state index contributed by atoms with van der Waals surface area (Å²) in [5.41, 5.74) is 0.516. The van der Waals surface area contributed by atoms with E-state index < -0.39 is 0 Å². The van der Waals surface area contributed by atoms with Crippen LogP contribution in [0.4, 0.5) is 10.1 Å². The molecule has 3 rings (SSSR count). The molecule has 0 saturated carbocycles. The first kappa shape index (κ1) is 20.9. The molecule has 0 saturated heterocycles. The highest BCUT2D eigenvalue weighted by molar-refractivity contribution is 6.02. The summed E-state index contributed by atoms with van der Waals surface area (Å²) in [6, 6.07) is 15.6. The summed E-state index contributed by atoms with van der Waals surface area (Å²) in [5.74, 6) is 0.215. The first-order valence-electron chi connectivity index (χ1n) is 9.21. The van der Waals surface area contributed by atoms with E-state index in [1.54, 1.807) is 43.4 Å². The molecule has 0 unspecified atom stereocenters. The molecule has 0 aliphatic rings. The molecule has 1 N–H and O–H groups in total. The van der Waals surface area contributed by atoms with E-state index in [-0.39, 0.29) is 36.6 Å². The van der Waals surface area contributed by atoms with Crippen LogP contribution in [0.5, 0.6) is 11.5 Å². The van der Waals surface area contributed by atoms with Crippen LogP contribution in [0.1, 0.15) is 10.6 Å². The van der Waals surface area contributed by atoms with E-state index >= 15 is 0 Å². The Balaban J connectivity index is 1.43. The lowest BCUT2D eigenvalue weighted by Crippen LogP contribution is -2.34. The fourth-order valence-electron chi connectivity index (χ4n) is 2.48. The summed E-state index contributed by atoms with van der Waals surface area (Å²) in [6.07, 6.45) is 1.42. The molecule has 8 heteroatoms. The maximum absolute atomic E-state index is 12.9. The van der Waals surface area contributed by atoms with Gasteiger partial charge in [-0.15, -0.1) is 0 Å². The van der Waals surface area contributed by atoms with Gasteiger partial charge in [0.1, 0.15) is 23.9 Å². The SMILES string of the molecule is CN(CCOc1ccc(F)cc1)C(=O)COc1cccc(NC(=O)c2ccco2)c1.